The lowest BCUT2D eigenvalue weighted by atomic mass is 9.97. The van der Waals surface area contributed by atoms with E-state index in [2.05, 4.69) is 88.0 Å². The van der Waals surface area contributed by atoms with Crippen LogP contribution in [0.4, 0.5) is 0 Å². The molecule has 0 saturated carbocycles. The van der Waals surface area contributed by atoms with Crippen LogP contribution >= 0.6 is 0 Å². The molecule has 6 aromatic carbocycles. The van der Waals surface area contributed by atoms with E-state index in [1.54, 1.807) is 6.08 Å². The highest BCUT2D eigenvalue weighted by molar-refractivity contribution is 6.20. The van der Waals surface area contributed by atoms with Crippen LogP contribution in [0.5, 0.6) is 0 Å². The van der Waals surface area contributed by atoms with Gasteiger partial charge in [0.2, 0.25) is 0 Å². The second-order valence-electron chi connectivity index (χ2n) is 12.2. The molecule has 0 radical (unpaired) electrons. The molecule has 0 bridgehead atoms. The van der Waals surface area contributed by atoms with Crippen LogP contribution in [-0.4, -0.2) is 33.6 Å². The number of rotatable bonds is 9. The van der Waals surface area contributed by atoms with E-state index in [1.807, 2.05) is 79.1 Å². The monoisotopic (exact) mass is 649 g/mol. The number of para-hydroxylation sites is 3. The minimum Gasteiger partial charge on any atom is -0.383 e. The molecule has 2 unspecified atom stereocenters. The maximum absolute atomic E-state index is 8.08. The molecule has 0 saturated heterocycles. The van der Waals surface area contributed by atoms with E-state index in [1.165, 1.54) is 17.0 Å². The van der Waals surface area contributed by atoms with Gasteiger partial charge >= 0.3 is 0 Å². The van der Waals surface area contributed by atoms with Gasteiger partial charge in [-0.3, -0.25) is 9.56 Å². The number of benzene rings is 6. The predicted molar refractivity (Wildman–Crippen MR) is 209 cm³/mol. The third-order valence-electron chi connectivity index (χ3n) is 9.27. The summed E-state index contributed by atoms with van der Waals surface area (Å²) < 4.78 is 4.43. The van der Waals surface area contributed by atoms with Crippen molar-refractivity contribution >= 4 is 62.0 Å². The van der Waals surface area contributed by atoms with Gasteiger partial charge in [-0.1, -0.05) is 115 Å². The fourth-order valence-corrected chi connectivity index (χ4v) is 6.89. The Kier molecular flexibility index (Phi) is 8.08. The molecule has 242 valence electrons. The lowest BCUT2D eigenvalue weighted by Crippen LogP contribution is -2.29. The first-order valence-corrected chi connectivity index (χ1v) is 16.6. The number of fused-ring (bicyclic) bond motifs is 6. The van der Waals surface area contributed by atoms with Crippen LogP contribution in [-0.2, 0) is 0 Å². The van der Waals surface area contributed by atoms with E-state index in [9.17, 15) is 0 Å². The summed E-state index contributed by atoms with van der Waals surface area (Å²) in [6.07, 6.45) is 4.69. The fraction of sp³-hybridized carbons (Fsp3) is 0.0465. The quantitative estimate of drug-likeness (QED) is 0.107. The lowest BCUT2D eigenvalue weighted by Gasteiger charge is -2.22. The van der Waals surface area contributed by atoms with Gasteiger partial charge in [0.15, 0.2) is 0 Å². The standard InChI is InChI=1S/C43H35N7/c44-25-24-36(42(41(45)29-14-4-1-5-15-29)48-43(46)30-16-6-2-7-17-30)47-28-49-37-22-12-10-20-32(37)34-26-35-33-21-11-13-23-38(33)50(40(35)27-39(34)49)31-18-8-3-9-19-31/h1-28,41-42,44H,45H2,(H2,46,48)/b36-24-,44-25?,47-28?. The van der Waals surface area contributed by atoms with Gasteiger partial charge in [0.25, 0.3) is 0 Å². The molecule has 8 aromatic rings. The second kappa shape index (κ2) is 13.1. The highest BCUT2D eigenvalue weighted by atomic mass is 15.1. The topological polar surface area (TPSA) is 110 Å². The number of allylic oxidation sites excluding steroid dienone is 1. The van der Waals surface area contributed by atoms with E-state index >= 15 is 0 Å². The van der Waals surface area contributed by atoms with E-state index < -0.39 is 12.1 Å². The summed E-state index contributed by atoms with van der Waals surface area (Å²) in [5.41, 5.74) is 21.1. The van der Waals surface area contributed by atoms with Gasteiger partial charge in [-0.2, -0.15) is 0 Å². The third kappa shape index (κ3) is 5.45. The molecule has 0 aliphatic heterocycles. The fourth-order valence-electron chi connectivity index (χ4n) is 6.89. The number of aromatic nitrogens is 2. The summed E-state index contributed by atoms with van der Waals surface area (Å²) in [4.78, 5) is 10.0. The number of hydrogen-bond donors (Lipinski definition) is 3. The van der Waals surface area contributed by atoms with Crippen LogP contribution < -0.4 is 11.5 Å². The largest absolute Gasteiger partial charge is 0.383 e. The molecule has 50 heavy (non-hydrogen) atoms. The van der Waals surface area contributed by atoms with Gasteiger partial charge < -0.3 is 21.4 Å². The normalized spacial score (nSPS) is 13.9. The minimum atomic E-state index is -0.670. The summed E-state index contributed by atoms with van der Waals surface area (Å²) in [7, 11) is 0. The molecule has 0 fully saturated rings. The maximum atomic E-state index is 8.08. The Hall–Kier alpha value is -6.57. The number of nitrogens with two attached hydrogens (primary N) is 2. The van der Waals surface area contributed by atoms with Crippen molar-refractivity contribution in [2.75, 3.05) is 0 Å². The van der Waals surface area contributed by atoms with E-state index in [0.717, 1.165) is 49.7 Å². The summed E-state index contributed by atoms with van der Waals surface area (Å²) in [6, 6.07) is 50.1. The van der Waals surface area contributed by atoms with Crippen LogP contribution in [0.1, 0.15) is 17.2 Å². The predicted octanol–water partition coefficient (Wildman–Crippen LogP) is 8.78. The molecule has 0 amide bonds. The highest BCUT2D eigenvalue weighted by Gasteiger charge is 2.24. The number of amidine groups is 1. The van der Waals surface area contributed by atoms with E-state index in [4.69, 9.17) is 26.9 Å². The van der Waals surface area contributed by atoms with Crippen molar-refractivity contribution < 1.29 is 0 Å². The smallest absolute Gasteiger partial charge is 0.126 e. The lowest BCUT2D eigenvalue weighted by molar-refractivity contribution is 0.608. The van der Waals surface area contributed by atoms with Crippen molar-refractivity contribution in [2.45, 2.75) is 12.1 Å². The Balaban J connectivity index is 1.33. The van der Waals surface area contributed by atoms with Crippen molar-refractivity contribution in [3.05, 3.63) is 175 Å². The Labute approximate surface area is 289 Å². The van der Waals surface area contributed by atoms with E-state index in [0.29, 0.717) is 11.5 Å². The van der Waals surface area contributed by atoms with Crippen LogP contribution in [0.25, 0.3) is 49.3 Å². The maximum Gasteiger partial charge on any atom is 0.126 e. The molecule has 8 rings (SSSR count). The molecule has 5 N–H and O–H groups in total. The number of nitrogens with zero attached hydrogens (tertiary/aromatic N) is 4. The molecule has 2 atom stereocenters. The van der Waals surface area contributed by atoms with Crippen LogP contribution in [0.3, 0.4) is 0 Å². The molecular weight excluding hydrogens is 615 g/mol. The van der Waals surface area contributed by atoms with Gasteiger partial charge in [-0.05, 0) is 48.0 Å². The zero-order valence-electron chi connectivity index (χ0n) is 27.3. The third-order valence-corrected chi connectivity index (χ3v) is 9.27. The molecule has 2 heterocycles. The minimum absolute atomic E-state index is 0.348. The van der Waals surface area contributed by atoms with Gasteiger partial charge in [0, 0.05) is 39.0 Å². The average molecular weight is 650 g/mol. The molecule has 7 nitrogen and oxygen atoms in total. The summed E-state index contributed by atoms with van der Waals surface area (Å²) in [5, 5.41) is 12.7. The summed E-state index contributed by atoms with van der Waals surface area (Å²) in [6.45, 7) is 0. The molecular formula is C43H35N7. The van der Waals surface area contributed by atoms with Gasteiger partial charge in [-0.15, -0.1) is 0 Å². The van der Waals surface area contributed by atoms with Gasteiger partial charge in [0.05, 0.1) is 40.1 Å². The van der Waals surface area contributed by atoms with Crippen LogP contribution in [0.2, 0.25) is 0 Å². The number of hydrogen-bond acceptors (Lipinski definition) is 4. The molecule has 0 aliphatic carbocycles. The summed E-state index contributed by atoms with van der Waals surface area (Å²) >= 11 is 0. The average Bonchev–Trinajstić information content (AvgIpc) is 3.67. The molecule has 2 aromatic heterocycles. The Morgan fingerprint density at radius 2 is 1.20 bits per heavy atom. The number of nitrogens with one attached hydrogen (secondary N) is 1. The molecule has 7 heteroatoms. The number of aliphatic imine (C=N–C) groups is 2. The Bertz CT molecular complexity index is 2580. The first kappa shape index (κ1) is 30.7. The zero-order chi connectivity index (χ0) is 34.0. The van der Waals surface area contributed by atoms with E-state index in [-0.39, 0.29) is 0 Å². The van der Waals surface area contributed by atoms with Gasteiger partial charge in [0.1, 0.15) is 11.9 Å². The van der Waals surface area contributed by atoms with Crippen molar-refractivity contribution in [1.29, 1.82) is 5.41 Å². The Morgan fingerprint density at radius 1 is 0.620 bits per heavy atom. The van der Waals surface area contributed by atoms with Crippen molar-refractivity contribution in [1.82, 2.24) is 9.13 Å². The molecule has 0 spiro atoms. The highest BCUT2D eigenvalue weighted by Crippen LogP contribution is 2.38. The van der Waals surface area contributed by atoms with Crippen LogP contribution in [0.15, 0.2) is 173 Å². The van der Waals surface area contributed by atoms with Gasteiger partial charge in [-0.25, -0.2) is 4.99 Å². The Morgan fingerprint density at radius 3 is 1.90 bits per heavy atom. The SMILES string of the molecule is N=C/C=C(\N=Cn1c2ccccc2c2cc3c4ccccc4n(-c4ccccc4)c3cc21)C(N=C(N)c1ccccc1)C(N)c1ccccc1. The zero-order valence-corrected chi connectivity index (χ0v) is 27.3. The van der Waals surface area contributed by atoms with Crippen molar-refractivity contribution in [2.24, 2.45) is 21.5 Å². The van der Waals surface area contributed by atoms with Crippen LogP contribution in [0, 0.1) is 5.41 Å². The second-order valence-corrected chi connectivity index (χ2v) is 12.2. The van der Waals surface area contributed by atoms with Crippen molar-refractivity contribution in [3.8, 4) is 5.69 Å². The first-order chi connectivity index (χ1) is 24.6. The molecule has 0 aliphatic rings. The summed E-state index contributed by atoms with van der Waals surface area (Å²) in [5.74, 6) is 0.348. The first-order valence-electron chi connectivity index (χ1n) is 16.6. The van der Waals surface area contributed by atoms with Crippen molar-refractivity contribution in [3.63, 3.8) is 0 Å².